The van der Waals surface area contributed by atoms with Crippen molar-refractivity contribution in [2.24, 2.45) is 0 Å². The number of hydrogen-bond donors (Lipinski definition) is 2. The molecule has 1 heterocycles. The number of rotatable bonds is 3. The topological polar surface area (TPSA) is 71.1 Å². The molecule has 0 radical (unpaired) electrons. The first-order chi connectivity index (χ1) is 10.8. The maximum absolute atomic E-state index is 11.9. The van der Waals surface area contributed by atoms with E-state index in [-0.39, 0.29) is 12.0 Å². The number of benzene rings is 1. The van der Waals surface area contributed by atoms with Crippen molar-refractivity contribution in [1.82, 2.24) is 10.3 Å². The minimum atomic E-state index is -0.675. The molecule has 0 bridgehead atoms. The molecule has 0 unspecified atom stereocenters. The molecule has 23 heavy (non-hydrogen) atoms. The van der Waals surface area contributed by atoms with Gasteiger partial charge in [0, 0.05) is 16.5 Å². The lowest BCUT2D eigenvalue weighted by atomic mass is 9.98. The third-order valence-corrected chi connectivity index (χ3v) is 4.54. The first kappa shape index (κ1) is 17.1. The fraction of sp³-hybridized carbons (Fsp3) is 0.353. The fourth-order valence-electron chi connectivity index (χ4n) is 1.88. The van der Waals surface area contributed by atoms with Crippen LogP contribution >= 0.6 is 11.3 Å². The number of thiazole rings is 1. The molecule has 2 amide bonds. The number of carbonyl (C=O) groups excluding carboxylic acids is 2. The predicted molar refractivity (Wildman–Crippen MR) is 92.5 cm³/mol. The Balaban J connectivity index is 1.91. The van der Waals surface area contributed by atoms with Crippen molar-refractivity contribution >= 4 is 28.8 Å². The summed E-state index contributed by atoms with van der Waals surface area (Å²) in [6, 6.07) is 7.32. The van der Waals surface area contributed by atoms with Gasteiger partial charge in [-0.15, -0.1) is 11.3 Å². The number of carbonyl (C=O) groups is 2. The van der Waals surface area contributed by atoms with E-state index in [0.717, 1.165) is 16.3 Å². The molecule has 5 nitrogen and oxygen atoms in total. The first-order valence-corrected chi connectivity index (χ1v) is 8.25. The second kappa shape index (κ2) is 6.91. The number of aromatic nitrogens is 1. The maximum Gasteiger partial charge on any atom is 0.313 e. The number of para-hydroxylation sites is 1. The molecule has 2 rings (SSSR count). The highest BCUT2D eigenvalue weighted by atomic mass is 32.1. The summed E-state index contributed by atoms with van der Waals surface area (Å²) in [5, 5.41) is 8.11. The highest BCUT2D eigenvalue weighted by molar-refractivity contribution is 7.09. The van der Waals surface area contributed by atoms with Crippen LogP contribution in [0.4, 0.5) is 5.69 Å². The standard InChI is InChI=1S/C17H21N3O2S/c1-11-7-5-6-8-13(11)20-15(22)14(21)18-9-12-10-23-16(19-12)17(2,3)4/h5-8,10H,9H2,1-4H3,(H,18,21)(H,20,22). The number of nitrogens with one attached hydrogen (secondary N) is 2. The molecule has 6 heteroatoms. The summed E-state index contributed by atoms with van der Waals surface area (Å²) in [4.78, 5) is 28.3. The zero-order valence-corrected chi connectivity index (χ0v) is 14.6. The Bertz CT molecular complexity index is 717. The van der Waals surface area contributed by atoms with Crippen LogP contribution < -0.4 is 10.6 Å². The Morgan fingerprint density at radius 3 is 2.48 bits per heavy atom. The van der Waals surface area contributed by atoms with Gasteiger partial charge in [0.15, 0.2) is 0 Å². The van der Waals surface area contributed by atoms with Gasteiger partial charge in [0.1, 0.15) is 0 Å². The normalized spacial score (nSPS) is 11.1. The predicted octanol–water partition coefficient (Wildman–Crippen LogP) is 3.00. The van der Waals surface area contributed by atoms with Gasteiger partial charge in [-0.05, 0) is 18.6 Å². The smallest absolute Gasteiger partial charge is 0.313 e. The van der Waals surface area contributed by atoms with Crippen LogP contribution in [-0.2, 0) is 21.5 Å². The Morgan fingerprint density at radius 2 is 1.87 bits per heavy atom. The van der Waals surface area contributed by atoms with Crippen LogP contribution in [0.2, 0.25) is 0 Å². The van der Waals surface area contributed by atoms with Gasteiger partial charge in [-0.2, -0.15) is 0 Å². The molecule has 0 aliphatic rings. The van der Waals surface area contributed by atoms with E-state index in [0.29, 0.717) is 5.69 Å². The lowest BCUT2D eigenvalue weighted by Crippen LogP contribution is -2.35. The van der Waals surface area contributed by atoms with Crippen molar-refractivity contribution < 1.29 is 9.59 Å². The van der Waals surface area contributed by atoms with Crippen LogP contribution in [0.15, 0.2) is 29.6 Å². The Hall–Kier alpha value is -2.21. The number of anilines is 1. The minimum absolute atomic E-state index is 0.0187. The van der Waals surface area contributed by atoms with Crippen molar-refractivity contribution in [3.05, 3.63) is 45.9 Å². The van der Waals surface area contributed by atoms with E-state index in [4.69, 9.17) is 0 Å². The van der Waals surface area contributed by atoms with E-state index in [9.17, 15) is 9.59 Å². The van der Waals surface area contributed by atoms with E-state index in [2.05, 4.69) is 36.4 Å². The van der Waals surface area contributed by atoms with E-state index in [1.54, 1.807) is 17.4 Å². The molecule has 0 saturated heterocycles. The summed E-state index contributed by atoms with van der Waals surface area (Å²) in [5.74, 6) is -1.34. The third kappa shape index (κ3) is 4.63. The van der Waals surface area contributed by atoms with Crippen LogP contribution in [0.25, 0.3) is 0 Å². The van der Waals surface area contributed by atoms with E-state index in [1.807, 2.05) is 30.5 Å². The summed E-state index contributed by atoms with van der Waals surface area (Å²) in [6.45, 7) is 8.38. The van der Waals surface area contributed by atoms with Crippen LogP contribution in [0.5, 0.6) is 0 Å². The zero-order chi connectivity index (χ0) is 17.0. The Labute approximate surface area is 140 Å². The molecule has 0 saturated carbocycles. The monoisotopic (exact) mass is 331 g/mol. The number of nitrogens with zero attached hydrogens (tertiary/aromatic N) is 1. The minimum Gasteiger partial charge on any atom is -0.342 e. The van der Waals surface area contributed by atoms with E-state index >= 15 is 0 Å². The quantitative estimate of drug-likeness (QED) is 0.849. The van der Waals surface area contributed by atoms with Crippen molar-refractivity contribution in [2.45, 2.75) is 39.7 Å². The second-order valence-corrected chi connectivity index (χ2v) is 7.20. The van der Waals surface area contributed by atoms with E-state index in [1.165, 1.54) is 0 Å². The third-order valence-electron chi connectivity index (χ3n) is 3.22. The van der Waals surface area contributed by atoms with Crippen LogP contribution in [0.1, 0.15) is 37.0 Å². The number of hydrogen-bond acceptors (Lipinski definition) is 4. The van der Waals surface area contributed by atoms with Gasteiger partial charge in [0.05, 0.1) is 17.2 Å². The van der Waals surface area contributed by atoms with Crippen molar-refractivity contribution in [3.8, 4) is 0 Å². The van der Waals surface area contributed by atoms with Gasteiger partial charge >= 0.3 is 11.8 Å². The summed E-state index contributed by atoms with van der Waals surface area (Å²) in [7, 11) is 0. The average Bonchev–Trinajstić information content (AvgIpc) is 2.96. The molecule has 0 fully saturated rings. The lowest BCUT2D eigenvalue weighted by Gasteiger charge is -2.13. The fourth-order valence-corrected chi connectivity index (χ4v) is 2.78. The molecule has 2 N–H and O–H groups in total. The zero-order valence-electron chi connectivity index (χ0n) is 13.8. The molecule has 0 aliphatic carbocycles. The van der Waals surface area contributed by atoms with Crippen LogP contribution in [0.3, 0.4) is 0 Å². The van der Waals surface area contributed by atoms with Crippen molar-refractivity contribution in [3.63, 3.8) is 0 Å². The second-order valence-electron chi connectivity index (χ2n) is 6.35. The van der Waals surface area contributed by atoms with Gasteiger partial charge in [-0.3, -0.25) is 9.59 Å². The SMILES string of the molecule is Cc1ccccc1NC(=O)C(=O)NCc1csc(C(C)(C)C)n1. The molecule has 0 atom stereocenters. The Kier molecular flexibility index (Phi) is 5.15. The molecule has 0 aliphatic heterocycles. The van der Waals surface area contributed by atoms with Crippen LogP contribution in [-0.4, -0.2) is 16.8 Å². The highest BCUT2D eigenvalue weighted by Crippen LogP contribution is 2.25. The first-order valence-electron chi connectivity index (χ1n) is 7.37. The van der Waals surface area contributed by atoms with E-state index < -0.39 is 11.8 Å². The Morgan fingerprint density at radius 1 is 1.17 bits per heavy atom. The molecule has 2 aromatic rings. The van der Waals surface area contributed by atoms with Gasteiger partial charge in [-0.1, -0.05) is 39.0 Å². The summed E-state index contributed by atoms with van der Waals surface area (Å²) < 4.78 is 0. The molecule has 1 aromatic carbocycles. The molecular formula is C17H21N3O2S. The van der Waals surface area contributed by atoms with Crippen molar-refractivity contribution in [2.75, 3.05) is 5.32 Å². The average molecular weight is 331 g/mol. The van der Waals surface area contributed by atoms with Gasteiger partial charge in [0.25, 0.3) is 0 Å². The summed E-state index contributed by atoms with van der Waals surface area (Å²) >= 11 is 1.56. The van der Waals surface area contributed by atoms with Crippen LogP contribution in [0, 0.1) is 6.92 Å². The summed E-state index contributed by atoms with van der Waals surface area (Å²) in [5.41, 5.74) is 2.28. The maximum atomic E-state index is 11.9. The number of aryl methyl sites for hydroxylation is 1. The van der Waals surface area contributed by atoms with Crippen molar-refractivity contribution in [1.29, 1.82) is 0 Å². The molecule has 122 valence electrons. The number of amides is 2. The lowest BCUT2D eigenvalue weighted by molar-refractivity contribution is -0.136. The van der Waals surface area contributed by atoms with Gasteiger partial charge in [-0.25, -0.2) is 4.98 Å². The summed E-state index contributed by atoms with van der Waals surface area (Å²) in [6.07, 6.45) is 0. The highest BCUT2D eigenvalue weighted by Gasteiger charge is 2.19. The van der Waals surface area contributed by atoms with Gasteiger partial charge < -0.3 is 10.6 Å². The molecule has 1 aromatic heterocycles. The molecular weight excluding hydrogens is 310 g/mol. The largest absolute Gasteiger partial charge is 0.342 e. The molecule has 0 spiro atoms. The van der Waals surface area contributed by atoms with Gasteiger partial charge in [0.2, 0.25) is 0 Å².